The first-order chi connectivity index (χ1) is 7.59. The summed E-state index contributed by atoms with van der Waals surface area (Å²) in [4.78, 5) is 16.1. The van der Waals surface area contributed by atoms with Crippen LogP contribution >= 0.6 is 0 Å². The summed E-state index contributed by atoms with van der Waals surface area (Å²) >= 11 is 0. The first-order valence-corrected chi connectivity index (χ1v) is 5.27. The first kappa shape index (κ1) is 12.5. The fraction of sp³-hybridized carbons (Fsp3) is 0.417. The van der Waals surface area contributed by atoms with Crippen LogP contribution < -0.4 is 0 Å². The molecule has 1 N–H and O–H groups in total. The van der Waals surface area contributed by atoms with E-state index in [4.69, 9.17) is 9.94 Å². The van der Waals surface area contributed by atoms with E-state index in [0.29, 0.717) is 6.54 Å². The lowest BCUT2D eigenvalue weighted by molar-refractivity contribution is -0.146. The highest BCUT2D eigenvalue weighted by Gasteiger charge is 2.14. The van der Waals surface area contributed by atoms with Crippen molar-refractivity contribution in [2.24, 2.45) is 5.92 Å². The van der Waals surface area contributed by atoms with Crippen molar-refractivity contribution in [3.63, 3.8) is 0 Å². The third kappa shape index (κ3) is 4.31. The maximum absolute atomic E-state index is 10.9. The van der Waals surface area contributed by atoms with Gasteiger partial charge in [0.05, 0.1) is 6.54 Å². The van der Waals surface area contributed by atoms with Gasteiger partial charge in [0.15, 0.2) is 0 Å². The molecule has 4 heteroatoms. The fourth-order valence-corrected chi connectivity index (χ4v) is 1.24. The Morgan fingerprint density at radius 2 is 2.00 bits per heavy atom. The zero-order chi connectivity index (χ0) is 12.0. The van der Waals surface area contributed by atoms with Crippen molar-refractivity contribution < 1.29 is 14.7 Å². The molecule has 1 amide bonds. The number of carbonyl (C=O) groups is 1. The highest BCUT2D eigenvalue weighted by Crippen LogP contribution is 2.05. The molecule has 0 aliphatic carbocycles. The summed E-state index contributed by atoms with van der Waals surface area (Å²) in [5.74, 6) is 0.242. The Kier molecular flexibility index (Phi) is 4.79. The minimum atomic E-state index is -1.05. The summed E-state index contributed by atoms with van der Waals surface area (Å²) in [5, 5.41) is 9.88. The smallest absolute Gasteiger partial charge is 0.431 e. The lowest BCUT2D eigenvalue weighted by Crippen LogP contribution is -2.32. The maximum Gasteiger partial charge on any atom is 0.431 e. The molecule has 0 aliphatic heterocycles. The van der Waals surface area contributed by atoms with Gasteiger partial charge in [-0.25, -0.2) is 4.79 Å². The quantitative estimate of drug-likeness (QED) is 0.781. The van der Waals surface area contributed by atoms with Crippen molar-refractivity contribution in [1.82, 2.24) is 5.06 Å². The number of carboxylic acid groups (broad SMARTS) is 1. The molecule has 88 valence electrons. The molecule has 4 nitrogen and oxygen atoms in total. The average Bonchev–Trinajstić information content (AvgIpc) is 2.25. The summed E-state index contributed by atoms with van der Waals surface area (Å²) in [7, 11) is 0. The van der Waals surface area contributed by atoms with Crippen LogP contribution in [-0.4, -0.2) is 22.8 Å². The molecule has 16 heavy (non-hydrogen) atoms. The topological polar surface area (TPSA) is 49.8 Å². The minimum absolute atomic E-state index is 0.242. The predicted octanol–water partition coefficient (Wildman–Crippen LogP) is 2.75. The van der Waals surface area contributed by atoms with Crippen molar-refractivity contribution in [2.75, 3.05) is 6.54 Å². The number of hydrogen-bond donors (Lipinski definition) is 1. The third-order valence-corrected chi connectivity index (χ3v) is 1.97. The maximum atomic E-state index is 10.9. The molecular weight excluding hydrogens is 206 g/mol. The largest absolute Gasteiger partial charge is 0.463 e. The van der Waals surface area contributed by atoms with Crippen LogP contribution in [0.3, 0.4) is 0 Å². The lowest BCUT2D eigenvalue weighted by Gasteiger charge is -2.20. The van der Waals surface area contributed by atoms with E-state index in [1.54, 1.807) is 0 Å². The van der Waals surface area contributed by atoms with Gasteiger partial charge in [0.2, 0.25) is 0 Å². The van der Waals surface area contributed by atoms with Crippen molar-refractivity contribution in [3.8, 4) is 0 Å². The Morgan fingerprint density at radius 3 is 2.50 bits per heavy atom. The van der Waals surface area contributed by atoms with Crippen LogP contribution in [0.4, 0.5) is 4.79 Å². The van der Waals surface area contributed by atoms with Gasteiger partial charge in [0.1, 0.15) is 6.61 Å². The van der Waals surface area contributed by atoms with Crippen LogP contribution in [0.2, 0.25) is 0 Å². The van der Waals surface area contributed by atoms with Gasteiger partial charge in [0, 0.05) is 0 Å². The van der Waals surface area contributed by atoms with Crippen LogP contribution in [0.5, 0.6) is 0 Å². The molecule has 0 aromatic heterocycles. The fourth-order valence-electron chi connectivity index (χ4n) is 1.24. The number of nitrogens with zero attached hydrogens (tertiary/aromatic N) is 1. The van der Waals surface area contributed by atoms with Crippen molar-refractivity contribution >= 4 is 6.09 Å². The molecule has 0 aliphatic rings. The van der Waals surface area contributed by atoms with E-state index in [-0.39, 0.29) is 12.5 Å². The molecule has 0 saturated heterocycles. The van der Waals surface area contributed by atoms with Crippen LogP contribution in [0.15, 0.2) is 30.3 Å². The summed E-state index contributed by atoms with van der Waals surface area (Å²) in [6, 6.07) is 9.50. The molecule has 0 spiro atoms. The summed E-state index contributed by atoms with van der Waals surface area (Å²) in [6.07, 6.45) is -1.05. The Balaban J connectivity index is 2.47. The minimum Gasteiger partial charge on any atom is -0.463 e. The first-order valence-electron chi connectivity index (χ1n) is 5.27. The van der Waals surface area contributed by atoms with Gasteiger partial charge in [-0.05, 0) is 11.5 Å². The van der Waals surface area contributed by atoms with E-state index in [0.717, 1.165) is 10.6 Å². The van der Waals surface area contributed by atoms with E-state index < -0.39 is 6.09 Å². The summed E-state index contributed by atoms with van der Waals surface area (Å²) < 4.78 is 0. The van der Waals surface area contributed by atoms with Crippen LogP contribution in [0, 0.1) is 5.92 Å². The van der Waals surface area contributed by atoms with Gasteiger partial charge in [-0.15, -0.1) is 0 Å². The molecule has 0 bridgehead atoms. The van der Waals surface area contributed by atoms with Gasteiger partial charge in [-0.1, -0.05) is 44.2 Å². The molecule has 1 rings (SSSR count). The SMILES string of the molecule is CC(C)CN(OCc1ccccc1)C(=O)O. The Bertz CT molecular complexity index is 324. The van der Waals surface area contributed by atoms with Crippen molar-refractivity contribution in [2.45, 2.75) is 20.5 Å². The number of rotatable bonds is 5. The van der Waals surface area contributed by atoms with Gasteiger partial charge < -0.3 is 5.11 Å². The van der Waals surface area contributed by atoms with Gasteiger partial charge >= 0.3 is 6.09 Å². The molecular formula is C12H17NO3. The van der Waals surface area contributed by atoms with E-state index >= 15 is 0 Å². The van der Waals surface area contributed by atoms with Crippen molar-refractivity contribution in [1.29, 1.82) is 0 Å². The van der Waals surface area contributed by atoms with E-state index in [1.807, 2.05) is 44.2 Å². The number of amides is 1. The second-order valence-electron chi connectivity index (χ2n) is 4.00. The molecule has 0 saturated carbocycles. The van der Waals surface area contributed by atoms with Gasteiger partial charge in [-0.3, -0.25) is 4.84 Å². The van der Waals surface area contributed by atoms with Crippen molar-refractivity contribution in [3.05, 3.63) is 35.9 Å². The van der Waals surface area contributed by atoms with Gasteiger partial charge in [-0.2, -0.15) is 5.06 Å². The molecule has 0 fully saturated rings. The number of hydroxylamine groups is 2. The average molecular weight is 223 g/mol. The lowest BCUT2D eigenvalue weighted by atomic mass is 10.2. The van der Waals surface area contributed by atoms with Crippen LogP contribution in [-0.2, 0) is 11.4 Å². The second kappa shape index (κ2) is 6.12. The molecule has 0 heterocycles. The standard InChI is InChI=1S/C12H17NO3/c1-10(2)8-13(12(14)15)16-9-11-6-4-3-5-7-11/h3-7,10H,8-9H2,1-2H3,(H,14,15). The molecule has 0 atom stereocenters. The summed E-state index contributed by atoms with van der Waals surface area (Å²) in [5.41, 5.74) is 0.956. The highest BCUT2D eigenvalue weighted by molar-refractivity contribution is 5.63. The third-order valence-electron chi connectivity index (χ3n) is 1.97. The molecule has 1 aromatic rings. The highest BCUT2D eigenvalue weighted by atomic mass is 16.7. The van der Waals surface area contributed by atoms with E-state index in [1.165, 1.54) is 0 Å². The Labute approximate surface area is 95.4 Å². The number of benzene rings is 1. The normalized spacial score (nSPS) is 10.4. The summed E-state index contributed by atoms with van der Waals surface area (Å²) in [6.45, 7) is 4.55. The monoisotopic (exact) mass is 223 g/mol. The van der Waals surface area contributed by atoms with Crippen LogP contribution in [0.25, 0.3) is 0 Å². The van der Waals surface area contributed by atoms with Crippen LogP contribution in [0.1, 0.15) is 19.4 Å². The van der Waals surface area contributed by atoms with Gasteiger partial charge in [0.25, 0.3) is 0 Å². The Morgan fingerprint density at radius 1 is 1.38 bits per heavy atom. The molecule has 0 unspecified atom stereocenters. The molecule has 1 aromatic carbocycles. The number of hydrogen-bond acceptors (Lipinski definition) is 2. The Hall–Kier alpha value is -1.55. The zero-order valence-electron chi connectivity index (χ0n) is 9.59. The van der Waals surface area contributed by atoms with E-state index in [2.05, 4.69) is 0 Å². The predicted molar refractivity (Wildman–Crippen MR) is 60.8 cm³/mol. The zero-order valence-corrected chi connectivity index (χ0v) is 9.59. The second-order valence-corrected chi connectivity index (χ2v) is 4.00. The molecule has 0 radical (unpaired) electrons. The van der Waals surface area contributed by atoms with E-state index in [9.17, 15) is 4.79 Å².